The molecule has 0 fully saturated rings. The fourth-order valence-electron chi connectivity index (χ4n) is 9.69. The molecule has 0 aliphatic rings. The Balaban J connectivity index is 4.24. The fourth-order valence-corrected chi connectivity index (χ4v) is 9.69. The van der Waals surface area contributed by atoms with E-state index < -0.39 is 6.10 Å². The molecule has 3 atom stereocenters. The number of hydrogen-bond donors (Lipinski definition) is 0. The van der Waals surface area contributed by atoms with E-state index in [1.807, 2.05) is 0 Å². The number of rotatable bonds is 57. The predicted octanol–water partition coefficient (Wildman–Crippen LogP) is 20.8. The lowest BCUT2D eigenvalue weighted by Crippen LogP contribution is -2.30. The highest BCUT2D eigenvalue weighted by molar-refractivity contribution is 5.71. The highest BCUT2D eigenvalue weighted by Crippen LogP contribution is 2.19. The van der Waals surface area contributed by atoms with E-state index in [9.17, 15) is 14.4 Å². The van der Waals surface area contributed by atoms with Gasteiger partial charge in [0.25, 0.3) is 0 Å². The first kappa shape index (κ1) is 67.4. The first-order chi connectivity index (χ1) is 33.8. The summed E-state index contributed by atoms with van der Waals surface area (Å²) in [5, 5.41) is 0. The maximum atomic E-state index is 12.9. The lowest BCUT2D eigenvalue weighted by Gasteiger charge is -2.18. The molecule has 0 amide bonds. The highest BCUT2D eigenvalue weighted by atomic mass is 16.6. The van der Waals surface area contributed by atoms with Crippen molar-refractivity contribution in [2.45, 2.75) is 362 Å². The van der Waals surface area contributed by atoms with Crippen molar-refractivity contribution in [1.82, 2.24) is 0 Å². The van der Waals surface area contributed by atoms with Gasteiger partial charge in [-0.25, -0.2) is 0 Å². The number of unbranched alkanes of at least 4 members (excludes halogenated alkanes) is 40. The summed E-state index contributed by atoms with van der Waals surface area (Å²) in [5.74, 6) is 0.943. The Bertz CT molecular complexity index is 1060. The van der Waals surface area contributed by atoms with E-state index in [1.165, 1.54) is 244 Å². The van der Waals surface area contributed by atoms with Crippen LogP contribution in [0.15, 0.2) is 0 Å². The first-order valence-corrected chi connectivity index (χ1v) is 31.3. The van der Waals surface area contributed by atoms with Gasteiger partial charge >= 0.3 is 17.9 Å². The van der Waals surface area contributed by atoms with E-state index >= 15 is 0 Å². The topological polar surface area (TPSA) is 78.9 Å². The molecule has 0 aliphatic carbocycles. The molecule has 0 rings (SSSR count). The third-order valence-electron chi connectivity index (χ3n) is 15.2. The minimum atomic E-state index is -0.763. The Labute approximate surface area is 431 Å². The van der Waals surface area contributed by atoms with Crippen LogP contribution in [0, 0.1) is 11.8 Å². The summed E-state index contributed by atoms with van der Waals surface area (Å²) in [4.78, 5) is 38.2. The standard InChI is InChI=1S/C63H122O6/c1-6-9-10-11-12-13-14-15-20-24-27-33-38-43-48-53-61(64)67-56-60(69-63(66)55-50-45-40-35-30-29-32-37-42-47-52-59(5)8-3)57-68-62(65)54-49-44-39-34-28-25-22-19-17-16-18-21-23-26-31-36-41-46-51-58(4)7-2/h58-60H,6-57H2,1-5H3/t58?,59?,60-/m1/s1. The average molecular weight is 976 g/mol. The molecule has 0 aromatic heterocycles. The monoisotopic (exact) mass is 975 g/mol. The molecule has 0 aromatic rings. The molecular formula is C63H122O6. The van der Waals surface area contributed by atoms with E-state index in [2.05, 4.69) is 34.6 Å². The van der Waals surface area contributed by atoms with Crippen LogP contribution >= 0.6 is 0 Å². The highest BCUT2D eigenvalue weighted by Gasteiger charge is 2.19. The molecule has 0 saturated carbocycles. The normalized spacial score (nSPS) is 12.8. The summed E-state index contributed by atoms with van der Waals surface area (Å²) in [6, 6.07) is 0. The van der Waals surface area contributed by atoms with E-state index in [0.29, 0.717) is 19.3 Å². The molecule has 6 nitrogen and oxygen atoms in total. The van der Waals surface area contributed by atoms with Crippen molar-refractivity contribution >= 4 is 17.9 Å². The van der Waals surface area contributed by atoms with Crippen LogP contribution in [0.4, 0.5) is 0 Å². The Hall–Kier alpha value is -1.59. The minimum absolute atomic E-state index is 0.0623. The van der Waals surface area contributed by atoms with Gasteiger partial charge in [0.05, 0.1) is 0 Å². The molecule has 0 heterocycles. The van der Waals surface area contributed by atoms with Gasteiger partial charge in [0, 0.05) is 19.3 Å². The molecular weight excluding hydrogens is 853 g/mol. The third-order valence-corrected chi connectivity index (χ3v) is 15.2. The average Bonchev–Trinajstić information content (AvgIpc) is 3.35. The lowest BCUT2D eigenvalue weighted by molar-refractivity contribution is -0.167. The zero-order valence-corrected chi connectivity index (χ0v) is 47.5. The maximum absolute atomic E-state index is 12.9. The molecule has 6 heteroatoms. The van der Waals surface area contributed by atoms with Crippen molar-refractivity contribution in [3.8, 4) is 0 Å². The molecule has 0 aliphatic heterocycles. The van der Waals surface area contributed by atoms with Crippen molar-refractivity contribution in [3.05, 3.63) is 0 Å². The third kappa shape index (κ3) is 54.0. The van der Waals surface area contributed by atoms with Gasteiger partial charge in [-0.1, -0.05) is 317 Å². The summed E-state index contributed by atoms with van der Waals surface area (Å²) < 4.78 is 16.9. The molecule has 0 aromatic carbocycles. The first-order valence-electron chi connectivity index (χ1n) is 31.3. The predicted molar refractivity (Wildman–Crippen MR) is 298 cm³/mol. The van der Waals surface area contributed by atoms with Crippen molar-refractivity contribution in [2.75, 3.05) is 13.2 Å². The summed E-state index contributed by atoms with van der Waals surface area (Å²) in [7, 11) is 0. The second-order valence-electron chi connectivity index (χ2n) is 22.2. The van der Waals surface area contributed by atoms with Crippen LogP contribution in [0.3, 0.4) is 0 Å². The van der Waals surface area contributed by atoms with Crippen LogP contribution in [0.2, 0.25) is 0 Å². The van der Waals surface area contributed by atoms with Crippen molar-refractivity contribution < 1.29 is 28.6 Å². The quantitative estimate of drug-likeness (QED) is 0.0343. The minimum Gasteiger partial charge on any atom is -0.462 e. The zero-order valence-electron chi connectivity index (χ0n) is 47.5. The largest absolute Gasteiger partial charge is 0.462 e. The summed E-state index contributed by atoms with van der Waals surface area (Å²) >= 11 is 0. The molecule has 0 N–H and O–H groups in total. The van der Waals surface area contributed by atoms with E-state index in [1.54, 1.807) is 0 Å². The van der Waals surface area contributed by atoms with Gasteiger partial charge in [0.2, 0.25) is 0 Å². The van der Waals surface area contributed by atoms with Gasteiger partial charge in [0.1, 0.15) is 13.2 Å². The second-order valence-corrected chi connectivity index (χ2v) is 22.2. The lowest BCUT2D eigenvalue weighted by atomic mass is 9.99. The van der Waals surface area contributed by atoms with Crippen LogP contribution in [-0.2, 0) is 28.6 Å². The number of carbonyl (C=O) groups is 3. The fraction of sp³-hybridized carbons (Fsp3) is 0.952. The number of hydrogen-bond acceptors (Lipinski definition) is 6. The SMILES string of the molecule is CCCCCCCCCCCCCCCCCC(=O)OC[C@H](COC(=O)CCCCCCCCCCCCCCCCCCCCC(C)CC)OC(=O)CCCCCCCCCCCCC(C)CC. The van der Waals surface area contributed by atoms with Crippen LogP contribution in [0.1, 0.15) is 356 Å². The summed E-state index contributed by atoms with van der Waals surface area (Å²) in [6.45, 7) is 11.5. The molecule has 2 unspecified atom stereocenters. The zero-order chi connectivity index (χ0) is 50.4. The molecule has 0 saturated heterocycles. The van der Waals surface area contributed by atoms with Crippen LogP contribution in [-0.4, -0.2) is 37.2 Å². The van der Waals surface area contributed by atoms with Gasteiger partial charge in [-0.2, -0.15) is 0 Å². The van der Waals surface area contributed by atoms with E-state index in [4.69, 9.17) is 14.2 Å². The second kappa shape index (κ2) is 55.7. The Morgan fingerprint density at radius 2 is 0.507 bits per heavy atom. The Morgan fingerprint density at radius 1 is 0.290 bits per heavy atom. The van der Waals surface area contributed by atoms with Crippen molar-refractivity contribution in [3.63, 3.8) is 0 Å². The van der Waals surface area contributed by atoms with Crippen LogP contribution in [0.5, 0.6) is 0 Å². The summed E-state index contributed by atoms with van der Waals surface area (Å²) in [5.41, 5.74) is 0. The molecule has 0 radical (unpaired) electrons. The molecule has 410 valence electrons. The maximum Gasteiger partial charge on any atom is 0.306 e. The van der Waals surface area contributed by atoms with Crippen LogP contribution in [0.25, 0.3) is 0 Å². The van der Waals surface area contributed by atoms with Crippen LogP contribution < -0.4 is 0 Å². The number of ether oxygens (including phenoxy) is 3. The molecule has 0 bridgehead atoms. The molecule has 0 spiro atoms. The summed E-state index contributed by atoms with van der Waals surface area (Å²) in [6.07, 6.45) is 60.9. The molecule has 69 heavy (non-hydrogen) atoms. The van der Waals surface area contributed by atoms with E-state index in [0.717, 1.165) is 69.6 Å². The van der Waals surface area contributed by atoms with Crippen molar-refractivity contribution in [1.29, 1.82) is 0 Å². The van der Waals surface area contributed by atoms with Gasteiger partial charge in [-0.3, -0.25) is 14.4 Å². The smallest absolute Gasteiger partial charge is 0.306 e. The number of carbonyl (C=O) groups excluding carboxylic acids is 3. The number of esters is 3. The van der Waals surface area contributed by atoms with E-state index in [-0.39, 0.29) is 31.1 Å². The van der Waals surface area contributed by atoms with Gasteiger partial charge in [0.15, 0.2) is 6.10 Å². The van der Waals surface area contributed by atoms with Gasteiger partial charge in [-0.05, 0) is 31.1 Å². The Morgan fingerprint density at radius 3 is 0.754 bits per heavy atom. The Kier molecular flexibility index (Phi) is 54.4. The van der Waals surface area contributed by atoms with Gasteiger partial charge < -0.3 is 14.2 Å². The van der Waals surface area contributed by atoms with Crippen molar-refractivity contribution in [2.24, 2.45) is 11.8 Å². The van der Waals surface area contributed by atoms with Gasteiger partial charge in [-0.15, -0.1) is 0 Å².